The van der Waals surface area contributed by atoms with E-state index >= 15 is 0 Å². The van der Waals surface area contributed by atoms with E-state index in [0.717, 1.165) is 64.1 Å². The molecule has 0 saturated heterocycles. The lowest BCUT2D eigenvalue weighted by atomic mass is 9.81. The maximum Gasteiger partial charge on any atom is 0.220 e. The number of carbonyl (C=O) groups excluding carboxylic acids is 1. The number of carbonyl (C=O) groups is 1. The second kappa shape index (κ2) is 8.62. The molecule has 4 aromatic heterocycles. The molecule has 0 radical (unpaired) electrons. The maximum absolute atomic E-state index is 11.6. The monoisotopic (exact) mass is 502 g/mol. The van der Waals surface area contributed by atoms with E-state index < -0.39 is 0 Å². The Morgan fingerprint density at radius 2 is 1.91 bits per heavy atom. The normalized spacial score (nSPS) is 18.3. The number of primary amides is 1. The molecule has 5 aromatic rings. The minimum absolute atomic E-state index is 0.0530. The lowest BCUT2D eigenvalue weighted by Crippen LogP contribution is -2.27. The van der Waals surface area contributed by atoms with Gasteiger partial charge in [-0.3, -0.25) is 9.20 Å². The van der Waals surface area contributed by atoms with Crippen LogP contribution < -0.4 is 11.5 Å². The van der Waals surface area contributed by atoms with Gasteiger partial charge in [0, 0.05) is 29.0 Å². The number of nitrogens with zero attached hydrogens (tertiary/aromatic N) is 4. The lowest BCUT2D eigenvalue weighted by molar-refractivity contribution is -0.122. The molecular formula is C26H23ClN6OS. The largest absolute Gasteiger partial charge is 0.382 e. The van der Waals surface area contributed by atoms with Crippen LogP contribution in [-0.4, -0.2) is 25.3 Å². The number of benzene rings is 1. The van der Waals surface area contributed by atoms with Crippen molar-refractivity contribution in [1.82, 2.24) is 19.4 Å². The van der Waals surface area contributed by atoms with E-state index in [1.54, 1.807) is 17.5 Å². The number of amides is 1. The number of rotatable bonds is 4. The fourth-order valence-corrected chi connectivity index (χ4v) is 5.97. The van der Waals surface area contributed by atoms with E-state index in [-0.39, 0.29) is 17.7 Å². The summed E-state index contributed by atoms with van der Waals surface area (Å²) in [6, 6.07) is 12.0. The standard InChI is InChI=1S/C26H23ClN6OS/c27-18-10-16-7-8-19(23-2-1-9-35-23)31-20(16)11-17(18)21-13-33-22(24(28)32-21)12-30-26(33)15-5-3-14(4-6-15)25(29)34/h1-2,7-15H,3-6H2,(H2,28,32)(H2,29,34). The van der Waals surface area contributed by atoms with Gasteiger partial charge in [-0.2, -0.15) is 0 Å². The van der Waals surface area contributed by atoms with Crippen molar-refractivity contribution >= 4 is 51.1 Å². The van der Waals surface area contributed by atoms with E-state index in [9.17, 15) is 4.79 Å². The Hall–Kier alpha value is -3.49. The van der Waals surface area contributed by atoms with Crippen LogP contribution in [0.15, 0.2) is 54.2 Å². The Bertz CT molecular complexity index is 1570. The van der Waals surface area contributed by atoms with Gasteiger partial charge in [0.05, 0.1) is 33.0 Å². The molecule has 0 spiro atoms. The zero-order valence-corrected chi connectivity index (χ0v) is 20.4. The molecule has 0 aliphatic heterocycles. The van der Waals surface area contributed by atoms with Crippen LogP contribution in [0.1, 0.15) is 37.4 Å². The first-order chi connectivity index (χ1) is 17.0. The van der Waals surface area contributed by atoms with Crippen molar-refractivity contribution in [1.29, 1.82) is 0 Å². The first-order valence-corrected chi connectivity index (χ1v) is 12.8. The molecule has 35 heavy (non-hydrogen) atoms. The highest BCUT2D eigenvalue weighted by Gasteiger charge is 2.28. The van der Waals surface area contributed by atoms with Crippen molar-refractivity contribution in [2.24, 2.45) is 11.7 Å². The minimum atomic E-state index is -0.214. The number of halogens is 1. The van der Waals surface area contributed by atoms with Gasteiger partial charge >= 0.3 is 0 Å². The second-order valence-electron chi connectivity index (χ2n) is 9.03. The summed E-state index contributed by atoms with van der Waals surface area (Å²) in [4.78, 5) is 26.9. The zero-order valence-electron chi connectivity index (χ0n) is 18.8. The Balaban J connectivity index is 1.42. The average Bonchev–Trinajstić information content (AvgIpc) is 3.54. The van der Waals surface area contributed by atoms with Crippen LogP contribution >= 0.6 is 22.9 Å². The molecule has 1 amide bonds. The fourth-order valence-electron chi connectivity index (χ4n) is 5.01. The first kappa shape index (κ1) is 22.0. The average molecular weight is 503 g/mol. The molecule has 6 rings (SSSR count). The number of imidazole rings is 1. The van der Waals surface area contributed by atoms with E-state index in [2.05, 4.69) is 16.0 Å². The molecule has 0 unspecified atom stereocenters. The number of thiophene rings is 1. The SMILES string of the molecule is NC(=O)C1CCC(c2ncc3c(N)nc(-c4cc5nc(-c6cccs6)ccc5cc4Cl)cn23)CC1. The van der Waals surface area contributed by atoms with Crippen LogP contribution in [0.4, 0.5) is 5.82 Å². The number of nitrogens with two attached hydrogens (primary N) is 2. The Labute approximate surface area is 210 Å². The van der Waals surface area contributed by atoms with Crippen molar-refractivity contribution < 1.29 is 4.79 Å². The molecule has 0 bridgehead atoms. The number of hydrogen-bond donors (Lipinski definition) is 2. The molecule has 1 aromatic carbocycles. The Morgan fingerprint density at radius 3 is 2.66 bits per heavy atom. The fraction of sp³-hybridized carbons (Fsp3) is 0.231. The van der Waals surface area contributed by atoms with Gasteiger partial charge in [-0.1, -0.05) is 23.7 Å². The number of pyridine rings is 1. The molecular weight excluding hydrogens is 480 g/mol. The highest BCUT2D eigenvalue weighted by molar-refractivity contribution is 7.13. The molecule has 9 heteroatoms. The molecule has 1 aliphatic carbocycles. The van der Waals surface area contributed by atoms with Gasteiger partial charge in [0.1, 0.15) is 17.2 Å². The van der Waals surface area contributed by atoms with Crippen LogP contribution in [0.2, 0.25) is 5.02 Å². The van der Waals surface area contributed by atoms with Crippen LogP contribution in [0.3, 0.4) is 0 Å². The summed E-state index contributed by atoms with van der Waals surface area (Å²) >= 11 is 8.37. The number of anilines is 1. The minimum Gasteiger partial charge on any atom is -0.382 e. The van der Waals surface area contributed by atoms with Crippen molar-refractivity contribution in [3.8, 4) is 21.8 Å². The third kappa shape index (κ3) is 3.92. The molecule has 7 nitrogen and oxygen atoms in total. The second-order valence-corrected chi connectivity index (χ2v) is 10.4. The maximum atomic E-state index is 11.6. The Kier molecular flexibility index (Phi) is 5.42. The highest BCUT2D eigenvalue weighted by Crippen LogP contribution is 2.37. The van der Waals surface area contributed by atoms with E-state index in [4.69, 9.17) is 28.1 Å². The summed E-state index contributed by atoms with van der Waals surface area (Å²) in [6.07, 6.45) is 6.98. The topological polar surface area (TPSA) is 112 Å². The summed E-state index contributed by atoms with van der Waals surface area (Å²) in [5, 5.41) is 3.58. The number of hydrogen-bond acceptors (Lipinski definition) is 6. The lowest BCUT2D eigenvalue weighted by Gasteiger charge is -2.26. The molecule has 4 heterocycles. The van der Waals surface area contributed by atoms with Gasteiger partial charge < -0.3 is 11.5 Å². The summed E-state index contributed by atoms with van der Waals surface area (Å²) in [6.45, 7) is 0. The van der Waals surface area contributed by atoms with Crippen molar-refractivity contribution in [2.45, 2.75) is 31.6 Å². The van der Waals surface area contributed by atoms with Gasteiger partial charge in [0.2, 0.25) is 5.91 Å². The van der Waals surface area contributed by atoms with Crippen LogP contribution in [0.5, 0.6) is 0 Å². The third-order valence-electron chi connectivity index (χ3n) is 6.90. The first-order valence-electron chi connectivity index (χ1n) is 11.6. The van der Waals surface area contributed by atoms with Crippen molar-refractivity contribution in [2.75, 3.05) is 5.73 Å². The number of aromatic nitrogens is 4. The zero-order chi connectivity index (χ0) is 24.1. The van der Waals surface area contributed by atoms with E-state index in [0.29, 0.717) is 16.5 Å². The van der Waals surface area contributed by atoms with E-state index in [1.807, 2.05) is 46.3 Å². The van der Waals surface area contributed by atoms with Gasteiger partial charge in [0.15, 0.2) is 0 Å². The number of fused-ring (bicyclic) bond motifs is 2. The van der Waals surface area contributed by atoms with Crippen LogP contribution in [0, 0.1) is 5.92 Å². The summed E-state index contributed by atoms with van der Waals surface area (Å²) in [5.74, 6) is 1.28. The van der Waals surface area contributed by atoms with E-state index in [1.165, 1.54) is 0 Å². The molecule has 4 N–H and O–H groups in total. The van der Waals surface area contributed by atoms with Gasteiger partial charge in [-0.15, -0.1) is 11.3 Å². The molecule has 1 saturated carbocycles. The highest BCUT2D eigenvalue weighted by atomic mass is 35.5. The molecule has 1 aliphatic rings. The van der Waals surface area contributed by atoms with Crippen LogP contribution in [0.25, 0.3) is 38.2 Å². The smallest absolute Gasteiger partial charge is 0.220 e. The van der Waals surface area contributed by atoms with Crippen molar-refractivity contribution in [3.05, 3.63) is 65.0 Å². The van der Waals surface area contributed by atoms with Gasteiger partial charge in [-0.05, 0) is 55.3 Å². The predicted molar refractivity (Wildman–Crippen MR) is 140 cm³/mol. The van der Waals surface area contributed by atoms with Gasteiger partial charge in [0.25, 0.3) is 0 Å². The molecule has 1 fully saturated rings. The van der Waals surface area contributed by atoms with Crippen molar-refractivity contribution in [3.63, 3.8) is 0 Å². The quantitative estimate of drug-likeness (QED) is 0.329. The van der Waals surface area contributed by atoms with Gasteiger partial charge in [-0.25, -0.2) is 15.0 Å². The summed E-state index contributed by atoms with van der Waals surface area (Å²) in [7, 11) is 0. The van der Waals surface area contributed by atoms with Crippen LogP contribution in [-0.2, 0) is 4.79 Å². The molecule has 0 atom stereocenters. The number of nitrogen functional groups attached to an aromatic ring is 1. The Morgan fingerprint density at radius 1 is 1.09 bits per heavy atom. The predicted octanol–water partition coefficient (Wildman–Crippen LogP) is 5.67. The summed E-state index contributed by atoms with van der Waals surface area (Å²) < 4.78 is 2.02. The summed E-state index contributed by atoms with van der Waals surface area (Å²) in [5.41, 5.74) is 15.8. The molecule has 176 valence electrons. The third-order valence-corrected chi connectivity index (χ3v) is 8.11.